The fraction of sp³-hybridized carbons (Fsp3) is 0.875. The summed E-state index contributed by atoms with van der Waals surface area (Å²) in [6, 6.07) is 0. The molecule has 11 nitrogen and oxygen atoms in total. The molecule has 1 aliphatic rings. The van der Waals surface area contributed by atoms with Gasteiger partial charge in [-0.25, -0.2) is 9.36 Å². The minimum atomic E-state index is -4.90. The summed E-state index contributed by atoms with van der Waals surface area (Å²) in [5, 5.41) is 46.9. The monoisotopic (exact) mass is 318 g/mol. The molecule has 118 valence electrons. The molecular formula is C8H15O11P. The fourth-order valence-electron chi connectivity index (χ4n) is 1.68. The molecule has 0 amide bonds. The van der Waals surface area contributed by atoms with Gasteiger partial charge in [0.1, 0.15) is 18.3 Å². The zero-order valence-electron chi connectivity index (χ0n) is 9.93. The number of ether oxygens (including phenoxy) is 1. The third kappa shape index (κ3) is 4.19. The maximum atomic E-state index is 10.8. The fourth-order valence-corrected chi connectivity index (χ4v) is 2.03. The molecule has 1 aliphatic heterocycles. The summed E-state index contributed by atoms with van der Waals surface area (Å²) in [4.78, 5) is 27.7. The molecule has 0 aliphatic carbocycles. The van der Waals surface area contributed by atoms with E-state index >= 15 is 0 Å². The van der Waals surface area contributed by atoms with Gasteiger partial charge in [-0.2, -0.15) is 0 Å². The molecule has 0 spiro atoms. The lowest BCUT2D eigenvalue weighted by molar-refractivity contribution is -0.308. The van der Waals surface area contributed by atoms with Crippen molar-refractivity contribution < 1.29 is 53.9 Å². The van der Waals surface area contributed by atoms with E-state index in [9.17, 15) is 29.8 Å². The predicted molar refractivity (Wildman–Crippen MR) is 58.1 cm³/mol. The van der Waals surface area contributed by atoms with Crippen molar-refractivity contribution >= 4 is 13.8 Å². The van der Waals surface area contributed by atoms with E-state index in [1.807, 2.05) is 0 Å². The Morgan fingerprint density at radius 2 is 2.00 bits per heavy atom. The lowest BCUT2D eigenvalue weighted by Gasteiger charge is -2.41. The normalized spacial score (nSPS) is 36.6. The molecule has 0 radical (unpaired) electrons. The third-order valence-electron chi connectivity index (χ3n) is 2.67. The van der Waals surface area contributed by atoms with Crippen molar-refractivity contribution in [2.45, 2.75) is 36.6 Å². The zero-order valence-corrected chi connectivity index (χ0v) is 10.8. The Hall–Kier alpha value is -0.620. The van der Waals surface area contributed by atoms with E-state index in [-0.39, 0.29) is 0 Å². The summed E-state index contributed by atoms with van der Waals surface area (Å²) >= 11 is 0. The quantitative estimate of drug-likeness (QED) is 0.251. The van der Waals surface area contributed by atoms with Crippen LogP contribution in [0.2, 0.25) is 0 Å². The second-order valence-electron chi connectivity index (χ2n) is 4.29. The van der Waals surface area contributed by atoms with E-state index in [2.05, 4.69) is 9.26 Å². The first-order valence-electron chi connectivity index (χ1n) is 5.34. The van der Waals surface area contributed by atoms with Crippen molar-refractivity contribution in [3.63, 3.8) is 0 Å². The van der Waals surface area contributed by atoms with Gasteiger partial charge in [-0.3, -0.25) is 4.52 Å². The van der Waals surface area contributed by atoms with Crippen LogP contribution in [0.1, 0.15) is 6.42 Å². The molecule has 0 bridgehead atoms. The second kappa shape index (κ2) is 6.02. The topological polar surface area (TPSA) is 194 Å². The lowest BCUT2D eigenvalue weighted by atomic mass is 9.93. The van der Waals surface area contributed by atoms with Crippen molar-refractivity contribution in [2.24, 2.45) is 0 Å². The molecular weight excluding hydrogens is 303 g/mol. The van der Waals surface area contributed by atoms with E-state index in [4.69, 9.17) is 14.9 Å². The van der Waals surface area contributed by atoms with Crippen LogP contribution >= 0.6 is 7.82 Å². The van der Waals surface area contributed by atoms with Crippen LogP contribution in [-0.4, -0.2) is 78.1 Å². The van der Waals surface area contributed by atoms with Gasteiger partial charge < -0.3 is 40.1 Å². The van der Waals surface area contributed by atoms with E-state index in [1.165, 1.54) is 0 Å². The number of rotatable bonds is 5. The number of phosphoric acid groups is 1. The smallest absolute Gasteiger partial charge is 0.469 e. The standard InChI is InChI=1S/C8H15O11P/c9-3-1-8(14,7(12)13)19-6(5(3)11)4(10)2-18-20(15,16)17/h3-6,9-11,14H,1-2H2,(H,12,13)(H2,15,16,17)/t3-,4-,5-,6-,8-/m1/s1. The van der Waals surface area contributed by atoms with Gasteiger partial charge in [0, 0.05) is 6.42 Å². The molecule has 1 saturated heterocycles. The first kappa shape index (κ1) is 17.4. The first-order valence-corrected chi connectivity index (χ1v) is 6.87. The number of carboxylic acids is 1. The SMILES string of the molecule is O=C(O)[C@@]1(O)C[C@@H](O)[C@@H](O)[C@@H]([C@H](O)COP(=O)(O)O)O1. The van der Waals surface area contributed by atoms with E-state index in [1.54, 1.807) is 0 Å². The summed E-state index contributed by atoms with van der Waals surface area (Å²) < 4.78 is 19.0. The van der Waals surface area contributed by atoms with Crippen molar-refractivity contribution in [2.75, 3.05) is 6.61 Å². The van der Waals surface area contributed by atoms with Crippen molar-refractivity contribution in [1.29, 1.82) is 0 Å². The van der Waals surface area contributed by atoms with Gasteiger partial charge in [0.15, 0.2) is 0 Å². The molecule has 7 N–H and O–H groups in total. The van der Waals surface area contributed by atoms with E-state index < -0.39 is 57.0 Å². The minimum Gasteiger partial charge on any atom is -0.477 e. The summed E-state index contributed by atoms with van der Waals surface area (Å²) in [6.45, 7) is -1.01. The summed E-state index contributed by atoms with van der Waals surface area (Å²) in [7, 11) is -4.90. The molecule has 1 rings (SSSR count). The van der Waals surface area contributed by atoms with Crippen LogP contribution in [0.15, 0.2) is 0 Å². The Morgan fingerprint density at radius 1 is 1.45 bits per heavy atom. The third-order valence-corrected chi connectivity index (χ3v) is 3.16. The molecule has 0 unspecified atom stereocenters. The number of carbonyl (C=O) groups is 1. The highest BCUT2D eigenvalue weighted by atomic mass is 31.2. The number of aliphatic carboxylic acids is 1. The van der Waals surface area contributed by atoms with Crippen LogP contribution < -0.4 is 0 Å². The van der Waals surface area contributed by atoms with Crippen LogP contribution in [-0.2, 0) is 18.6 Å². The molecule has 0 saturated carbocycles. The molecule has 0 aromatic heterocycles. The number of hydrogen-bond donors (Lipinski definition) is 7. The Morgan fingerprint density at radius 3 is 2.45 bits per heavy atom. The van der Waals surface area contributed by atoms with Crippen LogP contribution in [0, 0.1) is 0 Å². The Kier molecular flexibility index (Phi) is 5.24. The van der Waals surface area contributed by atoms with Crippen LogP contribution in [0.3, 0.4) is 0 Å². The van der Waals surface area contributed by atoms with Gasteiger partial charge in [-0.05, 0) is 0 Å². The molecule has 20 heavy (non-hydrogen) atoms. The Labute approximate surface area is 112 Å². The molecule has 5 atom stereocenters. The summed E-state index contributed by atoms with van der Waals surface area (Å²) in [6.07, 6.45) is -8.04. The summed E-state index contributed by atoms with van der Waals surface area (Å²) in [5.74, 6) is -4.69. The summed E-state index contributed by atoms with van der Waals surface area (Å²) in [5.41, 5.74) is 0. The lowest BCUT2D eigenvalue weighted by Crippen LogP contribution is -2.61. The average Bonchev–Trinajstić information content (AvgIpc) is 2.29. The van der Waals surface area contributed by atoms with Crippen LogP contribution in [0.25, 0.3) is 0 Å². The number of carboxylic acid groups (broad SMARTS) is 1. The first-order chi connectivity index (χ1) is 8.96. The highest BCUT2D eigenvalue weighted by molar-refractivity contribution is 7.46. The molecule has 0 aromatic rings. The second-order valence-corrected chi connectivity index (χ2v) is 5.53. The van der Waals surface area contributed by atoms with E-state index in [0.29, 0.717) is 0 Å². The average molecular weight is 318 g/mol. The van der Waals surface area contributed by atoms with Gasteiger partial charge in [-0.1, -0.05) is 0 Å². The Balaban J connectivity index is 2.80. The van der Waals surface area contributed by atoms with Crippen molar-refractivity contribution in [1.82, 2.24) is 0 Å². The van der Waals surface area contributed by atoms with Gasteiger partial charge >= 0.3 is 13.8 Å². The highest BCUT2D eigenvalue weighted by Crippen LogP contribution is 2.37. The van der Waals surface area contributed by atoms with Gasteiger partial charge in [0.2, 0.25) is 0 Å². The number of phosphoric ester groups is 1. The van der Waals surface area contributed by atoms with Crippen molar-refractivity contribution in [3.05, 3.63) is 0 Å². The Bertz CT molecular complexity index is 407. The largest absolute Gasteiger partial charge is 0.477 e. The minimum absolute atomic E-state index is 0.841. The maximum absolute atomic E-state index is 10.8. The van der Waals surface area contributed by atoms with Crippen LogP contribution in [0.4, 0.5) is 0 Å². The molecule has 1 heterocycles. The molecule has 1 fully saturated rings. The number of aliphatic hydroxyl groups excluding tert-OH is 3. The zero-order chi connectivity index (χ0) is 15.7. The van der Waals surface area contributed by atoms with Gasteiger partial charge in [0.25, 0.3) is 5.79 Å². The van der Waals surface area contributed by atoms with Crippen molar-refractivity contribution in [3.8, 4) is 0 Å². The van der Waals surface area contributed by atoms with Crippen LogP contribution in [0.5, 0.6) is 0 Å². The molecule has 12 heteroatoms. The predicted octanol–water partition coefficient (Wildman–Crippen LogP) is -3.26. The van der Waals surface area contributed by atoms with Gasteiger partial charge in [0.05, 0.1) is 12.7 Å². The molecule has 0 aromatic carbocycles. The highest BCUT2D eigenvalue weighted by Gasteiger charge is 2.52. The maximum Gasteiger partial charge on any atom is 0.469 e. The number of hydrogen-bond acceptors (Lipinski definition) is 8. The number of aliphatic hydroxyl groups is 4. The van der Waals surface area contributed by atoms with E-state index in [0.717, 1.165) is 0 Å². The van der Waals surface area contributed by atoms with Gasteiger partial charge in [-0.15, -0.1) is 0 Å².